The molecule has 0 bridgehead atoms. The van der Waals surface area contributed by atoms with Crippen molar-refractivity contribution in [3.8, 4) is 5.88 Å². The van der Waals surface area contributed by atoms with Crippen LogP contribution in [0.15, 0.2) is 12.1 Å². The molecular weight excluding hydrogens is 248 g/mol. The fourth-order valence-electron chi connectivity index (χ4n) is 2.26. The van der Waals surface area contributed by atoms with E-state index in [0.29, 0.717) is 11.9 Å². The summed E-state index contributed by atoms with van der Waals surface area (Å²) in [6.07, 6.45) is 1.83. The molecule has 0 saturated carbocycles. The lowest BCUT2D eigenvalue weighted by atomic mass is 10.0. The molecule has 104 valence electrons. The molecule has 1 fully saturated rings. The SMILES string of the molecule is COc1ccc([N+](=O)[O-])c(NC2CCNC(C)C2)n1. The Labute approximate surface area is 111 Å². The van der Waals surface area contributed by atoms with Crippen molar-refractivity contribution in [3.63, 3.8) is 0 Å². The zero-order chi connectivity index (χ0) is 13.8. The van der Waals surface area contributed by atoms with Crippen molar-refractivity contribution < 1.29 is 9.66 Å². The summed E-state index contributed by atoms with van der Waals surface area (Å²) in [5.41, 5.74) is -0.0213. The molecule has 0 amide bonds. The van der Waals surface area contributed by atoms with Crippen molar-refractivity contribution in [3.05, 3.63) is 22.2 Å². The van der Waals surface area contributed by atoms with E-state index in [-0.39, 0.29) is 17.5 Å². The molecular formula is C12H18N4O3. The van der Waals surface area contributed by atoms with Gasteiger partial charge in [-0.2, -0.15) is 4.98 Å². The number of hydrogen-bond acceptors (Lipinski definition) is 6. The summed E-state index contributed by atoms with van der Waals surface area (Å²) in [5, 5.41) is 17.5. The highest BCUT2D eigenvalue weighted by Gasteiger charge is 2.23. The summed E-state index contributed by atoms with van der Waals surface area (Å²) in [4.78, 5) is 14.7. The van der Waals surface area contributed by atoms with Crippen molar-refractivity contribution in [2.75, 3.05) is 19.0 Å². The second-order valence-corrected chi connectivity index (χ2v) is 4.70. The zero-order valence-corrected chi connectivity index (χ0v) is 11.0. The van der Waals surface area contributed by atoms with Gasteiger partial charge in [-0.25, -0.2) is 0 Å². The van der Waals surface area contributed by atoms with E-state index in [4.69, 9.17) is 4.74 Å². The van der Waals surface area contributed by atoms with Crippen LogP contribution in [0.4, 0.5) is 11.5 Å². The molecule has 2 atom stereocenters. The number of hydrogen-bond donors (Lipinski definition) is 2. The molecule has 2 heterocycles. The van der Waals surface area contributed by atoms with Gasteiger partial charge in [-0.1, -0.05) is 0 Å². The summed E-state index contributed by atoms with van der Waals surface area (Å²) in [6, 6.07) is 3.50. The number of nitro groups is 1. The lowest BCUT2D eigenvalue weighted by molar-refractivity contribution is -0.384. The Kier molecular flexibility index (Phi) is 4.16. The molecule has 0 spiro atoms. The molecule has 0 aromatic carbocycles. The van der Waals surface area contributed by atoms with Crippen LogP contribution in [-0.2, 0) is 0 Å². The smallest absolute Gasteiger partial charge is 0.311 e. The predicted molar refractivity (Wildman–Crippen MR) is 71.6 cm³/mol. The molecule has 1 aromatic heterocycles. The van der Waals surface area contributed by atoms with Crippen molar-refractivity contribution in [1.29, 1.82) is 0 Å². The number of piperidine rings is 1. The standard InChI is InChI=1S/C12H18N4O3/c1-8-7-9(5-6-13-8)14-12-10(16(17)18)3-4-11(15-12)19-2/h3-4,8-9,13H,5-7H2,1-2H3,(H,14,15). The topological polar surface area (TPSA) is 89.3 Å². The van der Waals surface area contributed by atoms with Gasteiger partial charge in [0.2, 0.25) is 11.7 Å². The Morgan fingerprint density at radius 3 is 3.00 bits per heavy atom. The lowest BCUT2D eigenvalue weighted by Crippen LogP contribution is -2.41. The molecule has 0 aliphatic carbocycles. The minimum absolute atomic E-state index is 0.0213. The van der Waals surface area contributed by atoms with Gasteiger partial charge < -0.3 is 15.4 Å². The van der Waals surface area contributed by atoms with Gasteiger partial charge in [-0.05, 0) is 26.3 Å². The summed E-state index contributed by atoms with van der Waals surface area (Å²) < 4.78 is 5.01. The first-order valence-corrected chi connectivity index (χ1v) is 6.29. The van der Waals surface area contributed by atoms with Crippen molar-refractivity contribution in [2.24, 2.45) is 0 Å². The molecule has 7 heteroatoms. The normalized spacial score (nSPS) is 22.8. The maximum atomic E-state index is 11.0. The summed E-state index contributed by atoms with van der Waals surface area (Å²) in [5.74, 6) is 0.651. The third kappa shape index (κ3) is 3.31. The Balaban J connectivity index is 2.19. The van der Waals surface area contributed by atoms with Crippen LogP contribution in [0.1, 0.15) is 19.8 Å². The first kappa shape index (κ1) is 13.5. The van der Waals surface area contributed by atoms with Gasteiger partial charge in [0, 0.05) is 24.2 Å². The minimum Gasteiger partial charge on any atom is -0.481 e. The summed E-state index contributed by atoms with van der Waals surface area (Å²) in [6.45, 7) is 3.00. The number of rotatable bonds is 4. The van der Waals surface area contributed by atoms with Gasteiger partial charge in [0.05, 0.1) is 12.0 Å². The molecule has 2 unspecified atom stereocenters. The van der Waals surface area contributed by atoms with Gasteiger partial charge in [-0.15, -0.1) is 0 Å². The Morgan fingerprint density at radius 2 is 2.37 bits per heavy atom. The minimum atomic E-state index is -0.431. The van der Waals surface area contributed by atoms with Crippen LogP contribution < -0.4 is 15.4 Å². The van der Waals surface area contributed by atoms with E-state index in [1.165, 1.54) is 19.2 Å². The van der Waals surface area contributed by atoms with Crippen molar-refractivity contribution in [1.82, 2.24) is 10.3 Å². The fraction of sp³-hybridized carbons (Fsp3) is 0.583. The molecule has 0 radical (unpaired) electrons. The van der Waals surface area contributed by atoms with E-state index in [0.717, 1.165) is 19.4 Å². The van der Waals surface area contributed by atoms with Crippen molar-refractivity contribution >= 4 is 11.5 Å². The molecule has 2 N–H and O–H groups in total. The number of pyridine rings is 1. The van der Waals surface area contributed by atoms with Crippen LogP contribution in [0.2, 0.25) is 0 Å². The van der Waals surface area contributed by atoms with Gasteiger partial charge >= 0.3 is 5.69 Å². The highest BCUT2D eigenvalue weighted by molar-refractivity contribution is 5.57. The van der Waals surface area contributed by atoms with E-state index in [1.807, 2.05) is 0 Å². The third-order valence-electron chi connectivity index (χ3n) is 3.22. The predicted octanol–water partition coefficient (Wildman–Crippen LogP) is 1.55. The molecule has 1 aromatic rings. The molecule has 1 saturated heterocycles. The van der Waals surface area contributed by atoms with Crippen LogP contribution in [0, 0.1) is 10.1 Å². The average molecular weight is 266 g/mol. The van der Waals surface area contributed by atoms with Crippen LogP contribution in [0.5, 0.6) is 5.88 Å². The van der Waals surface area contributed by atoms with Gasteiger partial charge in [-0.3, -0.25) is 10.1 Å². The van der Waals surface area contributed by atoms with Crippen molar-refractivity contribution in [2.45, 2.75) is 31.8 Å². The van der Waals surface area contributed by atoms with Crippen LogP contribution in [-0.4, -0.2) is 35.6 Å². The molecule has 7 nitrogen and oxygen atoms in total. The summed E-state index contributed by atoms with van der Waals surface area (Å²) >= 11 is 0. The molecule has 1 aliphatic heterocycles. The molecule has 2 rings (SSSR count). The van der Waals surface area contributed by atoms with E-state index in [9.17, 15) is 10.1 Å². The quantitative estimate of drug-likeness (QED) is 0.635. The van der Waals surface area contributed by atoms with E-state index < -0.39 is 4.92 Å². The second-order valence-electron chi connectivity index (χ2n) is 4.70. The third-order valence-corrected chi connectivity index (χ3v) is 3.22. The number of nitrogens with one attached hydrogen (secondary N) is 2. The number of methoxy groups -OCH3 is 1. The van der Waals surface area contributed by atoms with Crippen LogP contribution in [0.25, 0.3) is 0 Å². The Bertz CT molecular complexity index is 466. The van der Waals surface area contributed by atoms with Crippen LogP contribution in [0.3, 0.4) is 0 Å². The second kappa shape index (κ2) is 5.83. The number of anilines is 1. The van der Waals surface area contributed by atoms with Crippen LogP contribution >= 0.6 is 0 Å². The Morgan fingerprint density at radius 1 is 1.58 bits per heavy atom. The average Bonchev–Trinajstić information content (AvgIpc) is 2.38. The first-order valence-electron chi connectivity index (χ1n) is 6.29. The Hall–Kier alpha value is -1.89. The highest BCUT2D eigenvalue weighted by atomic mass is 16.6. The van der Waals surface area contributed by atoms with Gasteiger partial charge in [0.15, 0.2) is 0 Å². The lowest BCUT2D eigenvalue weighted by Gasteiger charge is -2.28. The molecule has 1 aliphatic rings. The fourth-order valence-corrected chi connectivity index (χ4v) is 2.26. The number of ether oxygens (including phenoxy) is 1. The van der Waals surface area contributed by atoms with Gasteiger partial charge in [0.25, 0.3) is 0 Å². The largest absolute Gasteiger partial charge is 0.481 e. The monoisotopic (exact) mass is 266 g/mol. The maximum absolute atomic E-state index is 11.0. The molecule has 19 heavy (non-hydrogen) atoms. The van der Waals surface area contributed by atoms with E-state index >= 15 is 0 Å². The summed E-state index contributed by atoms with van der Waals surface area (Å²) in [7, 11) is 1.49. The maximum Gasteiger partial charge on any atom is 0.311 e. The first-order chi connectivity index (χ1) is 9.10. The van der Waals surface area contributed by atoms with E-state index in [2.05, 4.69) is 22.5 Å². The number of nitrogens with zero attached hydrogens (tertiary/aromatic N) is 2. The highest BCUT2D eigenvalue weighted by Crippen LogP contribution is 2.27. The van der Waals surface area contributed by atoms with Gasteiger partial charge in [0.1, 0.15) is 0 Å². The zero-order valence-electron chi connectivity index (χ0n) is 11.0. The van der Waals surface area contributed by atoms with E-state index in [1.54, 1.807) is 0 Å². The number of aromatic nitrogens is 1.